The van der Waals surface area contributed by atoms with Crippen molar-refractivity contribution in [2.75, 3.05) is 11.4 Å². The van der Waals surface area contributed by atoms with E-state index >= 15 is 0 Å². The van der Waals surface area contributed by atoms with Gasteiger partial charge in [0.2, 0.25) is 11.2 Å². The number of halogens is 1. The van der Waals surface area contributed by atoms with Crippen LogP contribution >= 0.6 is 11.6 Å². The van der Waals surface area contributed by atoms with Crippen molar-refractivity contribution in [1.29, 1.82) is 0 Å². The summed E-state index contributed by atoms with van der Waals surface area (Å²) in [6.45, 7) is 5.52. The second-order valence-corrected chi connectivity index (χ2v) is 7.21. The van der Waals surface area contributed by atoms with Crippen molar-refractivity contribution in [1.82, 2.24) is 9.21 Å². The van der Waals surface area contributed by atoms with Gasteiger partial charge in [-0.1, -0.05) is 18.5 Å². The molecule has 0 aromatic heterocycles. The largest absolute Gasteiger partial charge is 0.345 e. The molecule has 120 valence electrons. The van der Waals surface area contributed by atoms with E-state index in [-0.39, 0.29) is 0 Å². The number of amides is 4. The van der Waals surface area contributed by atoms with Crippen LogP contribution in [0.3, 0.4) is 0 Å². The predicted molar refractivity (Wildman–Crippen MR) is 86.8 cm³/mol. The maximum Gasteiger partial charge on any atom is 0.345 e. The Morgan fingerprint density at radius 1 is 1.14 bits per heavy atom. The summed E-state index contributed by atoms with van der Waals surface area (Å²) in [5, 5.41) is 0.508. The van der Waals surface area contributed by atoms with Crippen LogP contribution in [0.1, 0.15) is 27.2 Å². The summed E-state index contributed by atoms with van der Waals surface area (Å²) in [5.74, 6) is 0. The lowest BCUT2D eigenvalue weighted by Crippen LogP contribution is -2.65. The van der Waals surface area contributed by atoms with Gasteiger partial charge < -0.3 is 0 Å². The monoisotopic (exact) mass is 343 g/mol. The normalized spacial score (nSPS) is 19.9. The number of benzene rings is 1. The molecule has 1 unspecified atom stereocenters. The van der Waals surface area contributed by atoms with Gasteiger partial charge in [-0.25, -0.2) is 23.0 Å². The molecule has 6 nitrogen and oxygen atoms in total. The number of rotatable bonds is 3. The first-order chi connectivity index (χ1) is 10.2. The molecule has 1 aromatic carbocycles. The van der Waals surface area contributed by atoms with E-state index < -0.39 is 28.8 Å². The number of nitrogens with zero attached hydrogens (tertiary/aromatic N) is 3. The second kappa shape index (κ2) is 5.89. The fourth-order valence-corrected chi connectivity index (χ4v) is 3.62. The predicted octanol–water partition coefficient (Wildman–Crippen LogP) is 3.40. The van der Waals surface area contributed by atoms with Crippen LogP contribution in [-0.2, 0) is 11.2 Å². The molecule has 1 saturated heterocycles. The lowest BCUT2D eigenvalue weighted by molar-refractivity contribution is 0.156. The molecular weight excluding hydrogens is 326 g/mol. The van der Waals surface area contributed by atoms with Gasteiger partial charge in [0, 0.05) is 12.1 Å². The van der Waals surface area contributed by atoms with Crippen molar-refractivity contribution in [3.8, 4) is 0 Å². The number of urea groups is 2. The molecule has 0 bridgehead atoms. The second-order valence-electron chi connectivity index (χ2n) is 5.59. The number of anilines is 1. The zero-order valence-corrected chi connectivity index (χ0v) is 14.4. The summed E-state index contributed by atoms with van der Waals surface area (Å²) in [7, 11) is 1.38. The molecule has 1 aromatic rings. The lowest BCUT2D eigenvalue weighted by atomic mass is 10.0. The maximum absolute atomic E-state index is 12.8. The van der Waals surface area contributed by atoms with E-state index in [2.05, 4.69) is 0 Å². The Morgan fingerprint density at radius 3 is 2.18 bits per heavy atom. The van der Waals surface area contributed by atoms with Gasteiger partial charge in [0.15, 0.2) is 0 Å². The molecule has 0 spiro atoms. The van der Waals surface area contributed by atoms with Crippen molar-refractivity contribution in [2.45, 2.75) is 32.7 Å². The first-order valence-electron chi connectivity index (χ1n) is 6.80. The van der Waals surface area contributed by atoms with Crippen molar-refractivity contribution in [2.24, 2.45) is 0 Å². The molecule has 1 atom stereocenters. The number of carbonyl (C=O) groups is 2. The van der Waals surface area contributed by atoms with Crippen molar-refractivity contribution < 1.29 is 13.8 Å². The third kappa shape index (κ3) is 2.70. The number of imide groups is 1. The van der Waals surface area contributed by atoms with Crippen molar-refractivity contribution in [3.05, 3.63) is 29.3 Å². The Kier molecular flexibility index (Phi) is 4.49. The molecule has 0 radical (unpaired) electrons. The molecule has 22 heavy (non-hydrogen) atoms. The van der Waals surface area contributed by atoms with Gasteiger partial charge in [0.25, 0.3) is 0 Å². The van der Waals surface area contributed by atoms with Crippen LogP contribution in [0.4, 0.5) is 15.3 Å². The standard InChI is InChI=1S/C14H18ClN3O3S/c1-5-14(2,3)18-13(20)16(4)12(19)17(22(18)21)11-8-6-10(15)7-9-11/h6-9H,5H2,1-4H3. The first-order valence-corrected chi connectivity index (χ1v) is 8.24. The molecule has 0 aliphatic carbocycles. The van der Waals surface area contributed by atoms with E-state index in [1.54, 1.807) is 24.3 Å². The smallest absolute Gasteiger partial charge is 0.247 e. The van der Waals surface area contributed by atoms with Gasteiger partial charge in [-0.3, -0.25) is 0 Å². The Balaban J connectivity index is 2.50. The van der Waals surface area contributed by atoms with E-state index in [0.29, 0.717) is 17.1 Å². The van der Waals surface area contributed by atoms with Crippen LogP contribution in [0.2, 0.25) is 5.02 Å². The summed E-state index contributed by atoms with van der Waals surface area (Å²) in [6, 6.07) is 5.20. The molecule has 8 heteroatoms. The Morgan fingerprint density at radius 2 is 1.68 bits per heavy atom. The Hall–Kier alpha value is -1.60. The fourth-order valence-electron chi connectivity index (χ4n) is 1.96. The minimum absolute atomic E-state index is 0.420. The molecule has 4 amide bonds. The van der Waals surface area contributed by atoms with Crippen LogP contribution in [0.25, 0.3) is 0 Å². The number of hydrogen-bond donors (Lipinski definition) is 0. The van der Waals surface area contributed by atoms with Gasteiger partial charge >= 0.3 is 12.1 Å². The van der Waals surface area contributed by atoms with Crippen LogP contribution in [0.15, 0.2) is 24.3 Å². The quantitative estimate of drug-likeness (QED) is 0.845. The fraction of sp³-hybridized carbons (Fsp3) is 0.429. The summed E-state index contributed by atoms with van der Waals surface area (Å²) in [6.07, 6.45) is 0.598. The summed E-state index contributed by atoms with van der Waals surface area (Å²) in [4.78, 5) is 25.7. The summed E-state index contributed by atoms with van der Waals surface area (Å²) in [5.41, 5.74) is -0.231. The van der Waals surface area contributed by atoms with Crippen molar-refractivity contribution in [3.63, 3.8) is 0 Å². The SMILES string of the molecule is CCC(C)(C)N1C(=O)N(C)C(=O)N(c2ccc(Cl)cc2)S1=O. The van der Waals surface area contributed by atoms with Gasteiger partial charge in [-0.05, 0) is 44.5 Å². The van der Waals surface area contributed by atoms with Gasteiger partial charge in [-0.2, -0.15) is 4.31 Å². The van der Waals surface area contributed by atoms with Crippen LogP contribution in [0.5, 0.6) is 0 Å². The topological polar surface area (TPSA) is 60.9 Å². The van der Waals surface area contributed by atoms with E-state index in [4.69, 9.17) is 11.6 Å². The Bertz CT molecular complexity index is 633. The maximum atomic E-state index is 12.8. The molecule has 1 fully saturated rings. The molecule has 2 rings (SSSR count). The van der Waals surface area contributed by atoms with Gasteiger partial charge in [0.1, 0.15) is 0 Å². The highest BCUT2D eigenvalue weighted by atomic mass is 35.5. The summed E-state index contributed by atoms with van der Waals surface area (Å²) < 4.78 is 15.2. The summed E-state index contributed by atoms with van der Waals surface area (Å²) >= 11 is 3.90. The van der Waals surface area contributed by atoms with E-state index in [0.717, 1.165) is 9.21 Å². The van der Waals surface area contributed by atoms with E-state index in [9.17, 15) is 13.8 Å². The van der Waals surface area contributed by atoms with Gasteiger partial charge in [-0.15, -0.1) is 0 Å². The third-order valence-corrected chi connectivity index (χ3v) is 5.60. The minimum atomic E-state index is -1.94. The van der Waals surface area contributed by atoms with Crippen LogP contribution < -0.4 is 4.31 Å². The van der Waals surface area contributed by atoms with Crippen molar-refractivity contribution >= 4 is 40.5 Å². The molecular formula is C14H18ClN3O3S. The zero-order valence-electron chi connectivity index (χ0n) is 12.9. The molecule has 1 heterocycles. The highest BCUT2D eigenvalue weighted by Crippen LogP contribution is 2.31. The number of carbonyl (C=O) groups excluding carboxylic acids is 2. The van der Waals surface area contributed by atoms with Gasteiger partial charge in [0.05, 0.1) is 11.2 Å². The molecule has 1 aliphatic heterocycles. The highest BCUT2D eigenvalue weighted by Gasteiger charge is 2.47. The molecule has 1 aliphatic rings. The average Bonchev–Trinajstić information content (AvgIpc) is 2.47. The highest BCUT2D eigenvalue weighted by molar-refractivity contribution is 7.85. The van der Waals surface area contributed by atoms with Crippen LogP contribution in [0, 0.1) is 0 Å². The lowest BCUT2D eigenvalue weighted by Gasteiger charge is -2.44. The number of hydrogen-bond acceptors (Lipinski definition) is 3. The average molecular weight is 344 g/mol. The molecule has 0 N–H and O–H groups in total. The minimum Gasteiger partial charge on any atom is -0.247 e. The third-order valence-electron chi connectivity index (χ3n) is 3.71. The van der Waals surface area contributed by atoms with E-state index in [1.165, 1.54) is 11.4 Å². The van der Waals surface area contributed by atoms with E-state index in [1.807, 2.05) is 20.8 Å². The van der Waals surface area contributed by atoms with Crippen LogP contribution in [-0.4, -0.2) is 38.1 Å². The first kappa shape index (κ1) is 16.8. The Labute approximate surface area is 137 Å². The zero-order chi connectivity index (χ0) is 16.7. The molecule has 0 saturated carbocycles.